The molecule has 0 aliphatic carbocycles. The van der Waals surface area contributed by atoms with E-state index in [1.165, 1.54) is 33.5 Å². The normalized spacial score (nSPS) is 20.1. The third-order valence-electron chi connectivity index (χ3n) is 6.46. The maximum atomic E-state index is 13.6. The van der Waals surface area contributed by atoms with Crippen LogP contribution < -0.4 is 25.0 Å². The molecular formula is C25H31BrN4O5. The second kappa shape index (κ2) is 10.8. The van der Waals surface area contributed by atoms with Gasteiger partial charge < -0.3 is 30.1 Å². The highest BCUT2D eigenvalue weighted by Gasteiger charge is 2.52. The van der Waals surface area contributed by atoms with Gasteiger partial charge in [-0.1, -0.05) is 22.4 Å². The van der Waals surface area contributed by atoms with E-state index in [1.54, 1.807) is 36.4 Å². The van der Waals surface area contributed by atoms with Crippen LogP contribution in [0, 0.1) is 0 Å². The molecule has 2 aliphatic heterocycles. The zero-order chi connectivity index (χ0) is 25.0. The fourth-order valence-corrected chi connectivity index (χ4v) is 5.00. The summed E-state index contributed by atoms with van der Waals surface area (Å²) in [5, 5.41) is 17.7. The first-order valence-electron chi connectivity index (χ1n) is 11.7. The first-order chi connectivity index (χ1) is 16.9. The minimum Gasteiger partial charge on any atom is -0.497 e. The fourth-order valence-electron chi connectivity index (χ4n) is 4.64. The summed E-state index contributed by atoms with van der Waals surface area (Å²) >= 11 is 3.42. The standard InChI is InChI=1S/C25H31BrN4O5/c1-34-18-8-10-21(22(16-18)35-2)30-24(32)28-20-9-7-17(26)15-19(20)25(30,33)23(31)27-11-6-14-29-12-4-3-5-13-29/h7-10,15-16,33H,3-6,11-14H2,1-2H3,(H,27,31)(H,28,32)/t25-/m1/s1. The highest BCUT2D eigenvalue weighted by Crippen LogP contribution is 2.44. The van der Waals surface area contributed by atoms with Crippen LogP contribution in [0.3, 0.4) is 0 Å². The number of fused-ring (bicyclic) bond motifs is 1. The van der Waals surface area contributed by atoms with Gasteiger partial charge >= 0.3 is 6.03 Å². The number of methoxy groups -OCH3 is 2. The fraction of sp³-hybridized carbons (Fsp3) is 0.440. The second-order valence-electron chi connectivity index (χ2n) is 8.68. The van der Waals surface area contributed by atoms with Crippen molar-refractivity contribution in [1.82, 2.24) is 10.2 Å². The van der Waals surface area contributed by atoms with Gasteiger partial charge in [0.25, 0.3) is 11.6 Å². The third-order valence-corrected chi connectivity index (χ3v) is 6.95. The molecule has 2 heterocycles. The first-order valence-corrected chi connectivity index (χ1v) is 12.5. The summed E-state index contributed by atoms with van der Waals surface area (Å²) in [5.74, 6) is 0.0920. The minimum atomic E-state index is -2.31. The number of nitrogens with one attached hydrogen (secondary N) is 2. The molecule has 4 rings (SSSR count). The number of carbonyl (C=O) groups excluding carboxylic acids is 2. The summed E-state index contributed by atoms with van der Waals surface area (Å²) in [6, 6.07) is 9.16. The largest absolute Gasteiger partial charge is 0.497 e. The molecule has 3 N–H and O–H groups in total. The van der Waals surface area contributed by atoms with Gasteiger partial charge in [-0.25, -0.2) is 9.69 Å². The van der Waals surface area contributed by atoms with Gasteiger partial charge in [0.1, 0.15) is 11.5 Å². The van der Waals surface area contributed by atoms with Gasteiger partial charge in [-0.15, -0.1) is 0 Å². The lowest BCUT2D eigenvalue weighted by Gasteiger charge is -2.43. The van der Waals surface area contributed by atoms with E-state index in [-0.39, 0.29) is 17.0 Å². The van der Waals surface area contributed by atoms with Crippen molar-refractivity contribution in [2.75, 3.05) is 50.6 Å². The zero-order valence-electron chi connectivity index (χ0n) is 20.0. The van der Waals surface area contributed by atoms with Crippen molar-refractivity contribution in [3.63, 3.8) is 0 Å². The maximum Gasteiger partial charge on any atom is 0.329 e. The van der Waals surface area contributed by atoms with Crippen molar-refractivity contribution < 1.29 is 24.2 Å². The molecule has 10 heteroatoms. The van der Waals surface area contributed by atoms with Gasteiger partial charge in [-0.2, -0.15) is 0 Å². The van der Waals surface area contributed by atoms with Gasteiger partial charge in [0.05, 0.1) is 25.6 Å². The lowest BCUT2D eigenvalue weighted by molar-refractivity contribution is -0.140. The van der Waals surface area contributed by atoms with Crippen molar-refractivity contribution in [2.45, 2.75) is 31.4 Å². The van der Waals surface area contributed by atoms with Crippen molar-refractivity contribution in [3.8, 4) is 11.5 Å². The Bertz CT molecular complexity index is 1090. The number of hydrogen-bond acceptors (Lipinski definition) is 6. The SMILES string of the molecule is COc1ccc(N2C(=O)Nc3ccc(Br)cc3[C@@]2(O)C(=O)NCCCN2CCCCC2)c(OC)c1. The van der Waals surface area contributed by atoms with Gasteiger partial charge in [0.2, 0.25) is 0 Å². The van der Waals surface area contributed by atoms with Crippen LogP contribution in [-0.4, -0.2) is 62.3 Å². The average Bonchev–Trinajstić information content (AvgIpc) is 2.87. The van der Waals surface area contributed by atoms with Crippen molar-refractivity contribution in [1.29, 1.82) is 0 Å². The Morgan fingerprint density at radius 1 is 1.14 bits per heavy atom. The number of piperidine rings is 1. The van der Waals surface area contributed by atoms with Crippen LogP contribution in [0.4, 0.5) is 16.2 Å². The molecule has 0 bridgehead atoms. The first kappa shape index (κ1) is 25.3. The Morgan fingerprint density at radius 2 is 1.91 bits per heavy atom. The van der Waals surface area contributed by atoms with Crippen LogP contribution in [0.5, 0.6) is 11.5 Å². The predicted octanol–water partition coefficient (Wildman–Crippen LogP) is 3.66. The van der Waals surface area contributed by atoms with Gasteiger partial charge in [-0.3, -0.25) is 4.79 Å². The monoisotopic (exact) mass is 546 g/mol. The van der Waals surface area contributed by atoms with Crippen molar-refractivity contribution in [3.05, 3.63) is 46.4 Å². The molecule has 2 aromatic carbocycles. The summed E-state index contributed by atoms with van der Waals surface area (Å²) in [5.41, 5.74) is -1.48. The molecule has 2 aliphatic rings. The van der Waals surface area contributed by atoms with E-state index in [0.717, 1.165) is 31.0 Å². The highest BCUT2D eigenvalue weighted by molar-refractivity contribution is 9.10. The topological polar surface area (TPSA) is 103 Å². The summed E-state index contributed by atoms with van der Waals surface area (Å²) in [7, 11) is 2.97. The van der Waals surface area contributed by atoms with Gasteiger partial charge in [0.15, 0.2) is 0 Å². The molecular weight excluding hydrogens is 516 g/mol. The minimum absolute atomic E-state index is 0.224. The smallest absolute Gasteiger partial charge is 0.329 e. The van der Waals surface area contributed by atoms with Crippen LogP contribution in [0.15, 0.2) is 40.9 Å². The molecule has 0 spiro atoms. The van der Waals surface area contributed by atoms with Crippen molar-refractivity contribution in [2.24, 2.45) is 0 Å². The molecule has 9 nitrogen and oxygen atoms in total. The molecule has 1 atom stereocenters. The predicted molar refractivity (Wildman–Crippen MR) is 137 cm³/mol. The van der Waals surface area contributed by atoms with E-state index >= 15 is 0 Å². The number of likely N-dealkylation sites (tertiary alicyclic amines) is 1. The molecule has 0 aromatic heterocycles. The van der Waals surface area contributed by atoms with Crippen LogP contribution in [0.2, 0.25) is 0 Å². The Balaban J connectivity index is 1.66. The second-order valence-corrected chi connectivity index (χ2v) is 9.59. The number of halogens is 1. The molecule has 1 saturated heterocycles. The van der Waals surface area contributed by atoms with Crippen LogP contribution in [0.1, 0.15) is 31.2 Å². The molecule has 0 unspecified atom stereocenters. The molecule has 1 fully saturated rings. The average molecular weight is 547 g/mol. The Morgan fingerprint density at radius 3 is 2.63 bits per heavy atom. The van der Waals surface area contributed by atoms with Crippen LogP contribution in [-0.2, 0) is 10.5 Å². The molecule has 188 valence electrons. The molecule has 3 amide bonds. The molecule has 0 radical (unpaired) electrons. The lowest BCUT2D eigenvalue weighted by atomic mass is 9.94. The number of hydrogen-bond donors (Lipinski definition) is 3. The Kier molecular flexibility index (Phi) is 7.83. The van der Waals surface area contributed by atoms with Gasteiger partial charge in [0, 0.05) is 22.6 Å². The Labute approximate surface area is 213 Å². The van der Waals surface area contributed by atoms with Gasteiger partial charge in [-0.05, 0) is 69.2 Å². The van der Waals surface area contributed by atoms with E-state index in [1.807, 2.05) is 0 Å². The number of aliphatic hydroxyl groups is 1. The number of rotatable bonds is 8. The van der Waals surface area contributed by atoms with E-state index < -0.39 is 17.7 Å². The summed E-state index contributed by atoms with van der Waals surface area (Å²) in [4.78, 5) is 30.3. The number of benzene rings is 2. The number of nitrogens with zero attached hydrogens (tertiary/aromatic N) is 2. The quantitative estimate of drug-likeness (QED) is 0.436. The van der Waals surface area contributed by atoms with E-state index in [2.05, 4.69) is 31.5 Å². The van der Waals surface area contributed by atoms with Crippen LogP contribution >= 0.6 is 15.9 Å². The molecule has 35 heavy (non-hydrogen) atoms. The van der Waals surface area contributed by atoms with Crippen molar-refractivity contribution >= 4 is 39.2 Å². The number of amides is 3. The molecule has 2 aromatic rings. The number of urea groups is 1. The van der Waals surface area contributed by atoms with E-state index in [4.69, 9.17) is 9.47 Å². The maximum absolute atomic E-state index is 13.6. The summed E-state index contributed by atoms with van der Waals surface area (Å²) in [6.07, 6.45) is 4.41. The summed E-state index contributed by atoms with van der Waals surface area (Å²) in [6.45, 7) is 3.39. The van der Waals surface area contributed by atoms with E-state index in [0.29, 0.717) is 22.5 Å². The summed E-state index contributed by atoms with van der Waals surface area (Å²) < 4.78 is 11.4. The van der Waals surface area contributed by atoms with E-state index in [9.17, 15) is 14.7 Å². The van der Waals surface area contributed by atoms with Crippen LogP contribution in [0.25, 0.3) is 0 Å². The number of carbonyl (C=O) groups is 2. The number of anilines is 2. The Hall–Kier alpha value is -2.82. The lowest BCUT2D eigenvalue weighted by Crippen LogP contribution is -2.62. The third kappa shape index (κ3) is 5.10. The highest BCUT2D eigenvalue weighted by atomic mass is 79.9. The zero-order valence-corrected chi connectivity index (χ0v) is 21.6. The molecule has 0 saturated carbocycles. The number of ether oxygens (including phenoxy) is 2.